The summed E-state index contributed by atoms with van der Waals surface area (Å²) in [5, 5.41) is 8.90. The molecule has 17 heavy (non-hydrogen) atoms. The molecule has 0 saturated heterocycles. The lowest BCUT2D eigenvalue weighted by atomic mass is 10.0. The number of amides is 1. The van der Waals surface area contributed by atoms with Gasteiger partial charge in [-0.05, 0) is 19.8 Å². The highest BCUT2D eigenvalue weighted by molar-refractivity contribution is 5.78. The first-order valence-corrected chi connectivity index (χ1v) is 6.29. The lowest BCUT2D eigenvalue weighted by Gasteiger charge is -2.24. The van der Waals surface area contributed by atoms with Crippen LogP contribution < -0.4 is 5.73 Å². The molecule has 4 heteroatoms. The first-order chi connectivity index (χ1) is 8.02. The fraction of sp³-hybridized carbons (Fsp3) is 0.769. The molecule has 1 amide bonds. The summed E-state index contributed by atoms with van der Waals surface area (Å²) in [6, 6.07) is 0.194. The van der Waals surface area contributed by atoms with E-state index in [2.05, 4.69) is 6.58 Å². The second-order valence-electron chi connectivity index (χ2n) is 4.61. The van der Waals surface area contributed by atoms with Crippen LogP contribution in [0.25, 0.3) is 0 Å². The molecule has 0 aliphatic heterocycles. The fourth-order valence-electron chi connectivity index (χ4n) is 1.75. The van der Waals surface area contributed by atoms with E-state index in [4.69, 9.17) is 10.8 Å². The van der Waals surface area contributed by atoms with E-state index in [1.54, 1.807) is 11.0 Å². The van der Waals surface area contributed by atoms with Gasteiger partial charge in [0.05, 0.1) is 6.61 Å². The zero-order chi connectivity index (χ0) is 13.3. The van der Waals surface area contributed by atoms with Gasteiger partial charge in [-0.25, -0.2) is 0 Å². The number of aliphatic hydroxyl groups is 1. The highest BCUT2D eigenvalue weighted by Gasteiger charge is 2.18. The Labute approximate surface area is 104 Å². The fourth-order valence-corrected chi connectivity index (χ4v) is 1.75. The molecule has 0 saturated carbocycles. The molecule has 0 fully saturated rings. The van der Waals surface area contributed by atoms with E-state index >= 15 is 0 Å². The Kier molecular flexibility index (Phi) is 8.72. The van der Waals surface area contributed by atoms with E-state index in [-0.39, 0.29) is 24.5 Å². The van der Waals surface area contributed by atoms with Crippen molar-refractivity contribution < 1.29 is 9.90 Å². The third-order valence-corrected chi connectivity index (χ3v) is 2.75. The average Bonchev–Trinajstić information content (AvgIpc) is 2.27. The first kappa shape index (κ1) is 16.1. The van der Waals surface area contributed by atoms with Crippen LogP contribution in [0.2, 0.25) is 0 Å². The summed E-state index contributed by atoms with van der Waals surface area (Å²) in [6.07, 6.45) is 4.44. The van der Waals surface area contributed by atoms with Crippen LogP contribution in [0.1, 0.15) is 33.1 Å². The molecule has 0 rings (SSSR count). The van der Waals surface area contributed by atoms with Crippen molar-refractivity contribution in [2.45, 2.75) is 39.2 Å². The van der Waals surface area contributed by atoms with Crippen molar-refractivity contribution in [3.8, 4) is 0 Å². The highest BCUT2D eigenvalue weighted by Crippen LogP contribution is 2.12. The number of hydrogen-bond acceptors (Lipinski definition) is 3. The molecule has 2 atom stereocenters. The number of carbonyl (C=O) groups is 1. The maximum Gasteiger partial charge on any atom is 0.225 e. The molecule has 0 aliphatic carbocycles. The summed E-state index contributed by atoms with van der Waals surface area (Å²) in [5.41, 5.74) is 5.67. The standard InChI is InChI=1S/C13H26N2O2/c1-4-8-15(9-10-16)13(17)11(2)6-5-7-12(3)14/h4,11-12,16H,1,5-10,14H2,2-3H3. The molecule has 0 aromatic carbocycles. The van der Waals surface area contributed by atoms with Gasteiger partial charge in [-0.1, -0.05) is 19.4 Å². The molecule has 0 aliphatic rings. The van der Waals surface area contributed by atoms with Crippen LogP contribution in [0.4, 0.5) is 0 Å². The van der Waals surface area contributed by atoms with E-state index in [0.29, 0.717) is 13.1 Å². The summed E-state index contributed by atoms with van der Waals surface area (Å²) in [7, 11) is 0. The smallest absolute Gasteiger partial charge is 0.225 e. The molecule has 3 N–H and O–H groups in total. The number of nitrogens with zero attached hydrogens (tertiary/aromatic N) is 1. The summed E-state index contributed by atoms with van der Waals surface area (Å²) in [5.74, 6) is 0.0730. The lowest BCUT2D eigenvalue weighted by Crippen LogP contribution is -2.37. The van der Waals surface area contributed by atoms with Gasteiger partial charge in [0.2, 0.25) is 5.91 Å². The van der Waals surface area contributed by atoms with Gasteiger partial charge in [0.15, 0.2) is 0 Å². The van der Waals surface area contributed by atoms with Gasteiger partial charge in [-0.2, -0.15) is 0 Å². The average molecular weight is 242 g/mol. The molecule has 2 unspecified atom stereocenters. The van der Waals surface area contributed by atoms with Crippen molar-refractivity contribution in [2.75, 3.05) is 19.7 Å². The zero-order valence-electron chi connectivity index (χ0n) is 11.1. The van der Waals surface area contributed by atoms with Gasteiger partial charge < -0.3 is 15.7 Å². The van der Waals surface area contributed by atoms with Crippen LogP contribution in [0.3, 0.4) is 0 Å². The van der Waals surface area contributed by atoms with E-state index in [0.717, 1.165) is 19.3 Å². The SMILES string of the molecule is C=CCN(CCO)C(=O)C(C)CCCC(C)N. The lowest BCUT2D eigenvalue weighted by molar-refractivity contribution is -0.135. The molecule has 0 radical (unpaired) electrons. The number of nitrogens with two attached hydrogens (primary N) is 1. The van der Waals surface area contributed by atoms with E-state index < -0.39 is 0 Å². The van der Waals surface area contributed by atoms with Crippen LogP contribution >= 0.6 is 0 Å². The second kappa shape index (κ2) is 9.19. The molecule has 100 valence electrons. The van der Waals surface area contributed by atoms with Crippen molar-refractivity contribution in [3.63, 3.8) is 0 Å². The topological polar surface area (TPSA) is 66.6 Å². The second-order valence-corrected chi connectivity index (χ2v) is 4.61. The summed E-state index contributed by atoms with van der Waals surface area (Å²) in [6.45, 7) is 8.39. The predicted octanol–water partition coefficient (Wildman–Crippen LogP) is 1.15. The molecule has 0 spiro atoms. The highest BCUT2D eigenvalue weighted by atomic mass is 16.3. The molecule has 4 nitrogen and oxygen atoms in total. The molecular formula is C13H26N2O2. The van der Waals surface area contributed by atoms with Crippen molar-refractivity contribution >= 4 is 5.91 Å². The quantitative estimate of drug-likeness (QED) is 0.596. The maximum atomic E-state index is 12.0. The number of hydrogen-bond donors (Lipinski definition) is 2. The van der Waals surface area contributed by atoms with Gasteiger partial charge >= 0.3 is 0 Å². The number of rotatable bonds is 9. The monoisotopic (exact) mass is 242 g/mol. The molecule has 0 aromatic rings. The minimum atomic E-state index is -0.0137. The minimum absolute atomic E-state index is 0.00780. The number of carbonyl (C=O) groups excluding carboxylic acids is 1. The Balaban J connectivity index is 4.10. The maximum absolute atomic E-state index is 12.0. The Morgan fingerprint density at radius 3 is 2.59 bits per heavy atom. The third kappa shape index (κ3) is 7.13. The Morgan fingerprint density at radius 1 is 1.47 bits per heavy atom. The molecule has 0 heterocycles. The predicted molar refractivity (Wildman–Crippen MR) is 70.5 cm³/mol. The van der Waals surface area contributed by atoms with E-state index in [1.165, 1.54) is 0 Å². The minimum Gasteiger partial charge on any atom is -0.395 e. The Hall–Kier alpha value is -0.870. The molecule has 0 aromatic heterocycles. The van der Waals surface area contributed by atoms with E-state index in [9.17, 15) is 4.79 Å². The van der Waals surface area contributed by atoms with Crippen LogP contribution in [0.5, 0.6) is 0 Å². The van der Waals surface area contributed by atoms with Gasteiger partial charge in [0, 0.05) is 25.0 Å². The summed E-state index contributed by atoms with van der Waals surface area (Å²) < 4.78 is 0. The van der Waals surface area contributed by atoms with Gasteiger partial charge in [-0.3, -0.25) is 4.79 Å². The normalized spacial score (nSPS) is 14.1. The van der Waals surface area contributed by atoms with E-state index in [1.807, 2.05) is 13.8 Å². The first-order valence-electron chi connectivity index (χ1n) is 6.29. The van der Waals surface area contributed by atoms with Crippen molar-refractivity contribution in [1.29, 1.82) is 0 Å². The summed E-state index contributed by atoms with van der Waals surface area (Å²) in [4.78, 5) is 13.7. The van der Waals surface area contributed by atoms with Crippen molar-refractivity contribution in [1.82, 2.24) is 4.90 Å². The number of aliphatic hydroxyl groups excluding tert-OH is 1. The summed E-state index contributed by atoms with van der Waals surface area (Å²) >= 11 is 0. The Morgan fingerprint density at radius 2 is 2.12 bits per heavy atom. The largest absolute Gasteiger partial charge is 0.395 e. The molecule has 0 bridgehead atoms. The van der Waals surface area contributed by atoms with Crippen LogP contribution in [-0.2, 0) is 4.79 Å². The van der Waals surface area contributed by atoms with Crippen molar-refractivity contribution in [3.05, 3.63) is 12.7 Å². The zero-order valence-corrected chi connectivity index (χ0v) is 11.1. The van der Waals surface area contributed by atoms with Gasteiger partial charge in [0.25, 0.3) is 0 Å². The third-order valence-electron chi connectivity index (χ3n) is 2.75. The van der Waals surface area contributed by atoms with Crippen LogP contribution in [0.15, 0.2) is 12.7 Å². The van der Waals surface area contributed by atoms with Crippen LogP contribution in [0, 0.1) is 5.92 Å². The Bertz CT molecular complexity index is 229. The van der Waals surface area contributed by atoms with Gasteiger partial charge in [-0.15, -0.1) is 6.58 Å². The van der Waals surface area contributed by atoms with Crippen LogP contribution in [-0.4, -0.2) is 41.7 Å². The van der Waals surface area contributed by atoms with Crippen molar-refractivity contribution in [2.24, 2.45) is 11.7 Å². The van der Waals surface area contributed by atoms with Gasteiger partial charge in [0.1, 0.15) is 0 Å². The molecular weight excluding hydrogens is 216 g/mol.